The van der Waals surface area contributed by atoms with Crippen molar-refractivity contribution in [2.75, 3.05) is 6.61 Å². The fourth-order valence-corrected chi connectivity index (χ4v) is 2.35. The van der Waals surface area contributed by atoms with Crippen LogP contribution < -0.4 is 20.9 Å². The predicted octanol–water partition coefficient (Wildman–Crippen LogP) is 2.85. The molecule has 10 heteroatoms. The number of nitrogens with one attached hydrogen (secondary N) is 3. The van der Waals surface area contributed by atoms with E-state index in [4.69, 9.17) is 40.2 Å². The molecule has 0 saturated heterocycles. The predicted molar refractivity (Wildman–Crippen MR) is 99.7 cm³/mol. The van der Waals surface area contributed by atoms with E-state index in [0.29, 0.717) is 5.02 Å². The largest absolute Gasteiger partial charge is 0.482 e. The molecule has 6 nitrogen and oxygen atoms in total. The Morgan fingerprint density at radius 2 is 1.85 bits per heavy atom. The van der Waals surface area contributed by atoms with Gasteiger partial charge in [-0.3, -0.25) is 25.8 Å². The molecule has 0 aliphatic carbocycles. The normalized spacial score (nSPS) is 9.96. The first-order valence-electron chi connectivity index (χ1n) is 7.09. The lowest BCUT2D eigenvalue weighted by molar-refractivity contribution is -0.123. The molecule has 26 heavy (non-hydrogen) atoms. The second kappa shape index (κ2) is 9.33. The number of halogens is 3. The zero-order chi connectivity index (χ0) is 19.1. The number of carbonyl (C=O) groups excluding carboxylic acids is 2. The van der Waals surface area contributed by atoms with Gasteiger partial charge in [0.25, 0.3) is 11.8 Å². The topological polar surface area (TPSA) is 79.5 Å². The summed E-state index contributed by atoms with van der Waals surface area (Å²) in [4.78, 5) is 23.6. The van der Waals surface area contributed by atoms with E-state index in [1.54, 1.807) is 6.07 Å². The summed E-state index contributed by atoms with van der Waals surface area (Å²) in [5.74, 6) is -1.75. The van der Waals surface area contributed by atoms with Crippen LogP contribution in [0.1, 0.15) is 10.4 Å². The van der Waals surface area contributed by atoms with E-state index in [0.717, 1.165) is 6.07 Å². The number of ether oxygens (including phenoxy) is 1. The van der Waals surface area contributed by atoms with Crippen LogP contribution in [0.25, 0.3) is 0 Å². The van der Waals surface area contributed by atoms with Gasteiger partial charge in [0.1, 0.15) is 11.6 Å². The highest BCUT2D eigenvalue weighted by molar-refractivity contribution is 7.80. The van der Waals surface area contributed by atoms with Crippen LogP contribution in [0.4, 0.5) is 4.39 Å². The van der Waals surface area contributed by atoms with Crippen LogP contribution in [-0.4, -0.2) is 23.5 Å². The van der Waals surface area contributed by atoms with E-state index in [-0.39, 0.29) is 28.1 Å². The highest BCUT2D eigenvalue weighted by atomic mass is 35.5. The van der Waals surface area contributed by atoms with E-state index >= 15 is 0 Å². The molecule has 0 unspecified atom stereocenters. The van der Waals surface area contributed by atoms with Gasteiger partial charge in [0.15, 0.2) is 11.7 Å². The number of hydrogen-bond donors (Lipinski definition) is 3. The summed E-state index contributed by atoms with van der Waals surface area (Å²) in [5.41, 5.74) is 4.35. The summed E-state index contributed by atoms with van der Waals surface area (Å²) in [5, 5.41) is 2.71. The Hall–Kier alpha value is -2.42. The summed E-state index contributed by atoms with van der Waals surface area (Å²) in [6.45, 7) is -0.363. The molecule has 2 rings (SSSR count). The molecule has 0 aliphatic rings. The van der Waals surface area contributed by atoms with Crippen molar-refractivity contribution in [3.8, 4) is 5.75 Å². The fourth-order valence-electron chi connectivity index (χ4n) is 1.75. The average Bonchev–Trinajstić information content (AvgIpc) is 2.59. The third-order valence-electron chi connectivity index (χ3n) is 2.91. The van der Waals surface area contributed by atoms with Gasteiger partial charge < -0.3 is 4.74 Å². The van der Waals surface area contributed by atoms with E-state index in [9.17, 15) is 14.0 Å². The lowest BCUT2D eigenvalue weighted by Crippen LogP contribution is -2.49. The molecular formula is C16H12Cl2FN3O3S. The third-order valence-corrected chi connectivity index (χ3v) is 3.65. The molecule has 136 valence electrons. The number of hydrazine groups is 1. The molecule has 0 aliphatic heterocycles. The van der Waals surface area contributed by atoms with Crippen LogP contribution in [0, 0.1) is 5.82 Å². The molecule has 3 N–H and O–H groups in total. The van der Waals surface area contributed by atoms with Crippen molar-refractivity contribution in [3.05, 3.63) is 63.9 Å². The van der Waals surface area contributed by atoms with Gasteiger partial charge in [0.05, 0.1) is 10.6 Å². The zero-order valence-electron chi connectivity index (χ0n) is 13.0. The first-order valence-corrected chi connectivity index (χ1v) is 8.26. The number of thiocarbonyl (C=S) groups is 1. The smallest absolute Gasteiger partial charge is 0.276 e. The molecule has 2 aromatic carbocycles. The minimum atomic E-state index is -0.751. The Kier molecular flexibility index (Phi) is 7.14. The van der Waals surface area contributed by atoms with Gasteiger partial charge in [-0.1, -0.05) is 35.3 Å². The summed E-state index contributed by atoms with van der Waals surface area (Å²) < 4.78 is 18.7. The van der Waals surface area contributed by atoms with Crippen molar-refractivity contribution < 1.29 is 18.7 Å². The van der Waals surface area contributed by atoms with Gasteiger partial charge in [0, 0.05) is 5.02 Å². The summed E-state index contributed by atoms with van der Waals surface area (Å²) in [6.07, 6.45) is 0. The number of rotatable bonds is 4. The number of hydrogen-bond acceptors (Lipinski definition) is 4. The van der Waals surface area contributed by atoms with Crippen LogP contribution in [0.3, 0.4) is 0 Å². The highest BCUT2D eigenvalue weighted by Gasteiger charge is 2.13. The number of amides is 2. The van der Waals surface area contributed by atoms with Gasteiger partial charge >= 0.3 is 0 Å². The Labute approximate surface area is 163 Å². The third kappa shape index (κ3) is 5.83. The average molecular weight is 416 g/mol. The number of carbonyl (C=O) groups is 2. The Morgan fingerprint density at radius 1 is 1.12 bits per heavy atom. The molecular weight excluding hydrogens is 404 g/mol. The first-order chi connectivity index (χ1) is 12.4. The monoisotopic (exact) mass is 415 g/mol. The lowest BCUT2D eigenvalue weighted by atomic mass is 10.2. The SMILES string of the molecule is O=C(COc1ccc(Cl)cc1Cl)NNC(=S)NC(=O)c1ccccc1F. The van der Waals surface area contributed by atoms with Crippen molar-refractivity contribution in [1.82, 2.24) is 16.2 Å². The molecule has 0 aromatic heterocycles. The van der Waals surface area contributed by atoms with Crippen LogP contribution in [-0.2, 0) is 4.79 Å². The van der Waals surface area contributed by atoms with Crippen LogP contribution in [0.2, 0.25) is 10.0 Å². The second-order valence-electron chi connectivity index (χ2n) is 4.80. The van der Waals surface area contributed by atoms with E-state index < -0.39 is 17.6 Å². The van der Waals surface area contributed by atoms with Crippen molar-refractivity contribution in [2.45, 2.75) is 0 Å². The minimum Gasteiger partial charge on any atom is -0.482 e. The number of benzene rings is 2. The van der Waals surface area contributed by atoms with Crippen LogP contribution >= 0.6 is 35.4 Å². The second-order valence-corrected chi connectivity index (χ2v) is 6.05. The van der Waals surface area contributed by atoms with E-state index in [1.807, 2.05) is 0 Å². The Morgan fingerprint density at radius 3 is 2.54 bits per heavy atom. The quantitative estimate of drug-likeness (QED) is 0.528. The standard InChI is InChI=1S/C16H12Cl2FN3O3S/c17-9-5-6-13(11(18)7-9)25-8-14(23)21-22-16(26)20-15(24)10-3-1-2-4-12(10)19/h1-7H,8H2,(H,21,23)(H2,20,22,24,26). The first kappa shape index (κ1) is 19.9. The highest BCUT2D eigenvalue weighted by Crippen LogP contribution is 2.27. The van der Waals surface area contributed by atoms with E-state index in [1.165, 1.54) is 30.3 Å². The molecule has 0 bridgehead atoms. The summed E-state index contributed by atoms with van der Waals surface area (Å²) >= 11 is 16.5. The van der Waals surface area contributed by atoms with Gasteiger partial charge in [-0.2, -0.15) is 0 Å². The molecule has 2 aromatic rings. The molecule has 0 spiro atoms. The molecule has 0 saturated carbocycles. The maximum absolute atomic E-state index is 13.5. The van der Waals surface area contributed by atoms with Gasteiger partial charge in [0.2, 0.25) is 0 Å². The molecule has 0 radical (unpaired) electrons. The van der Waals surface area contributed by atoms with Gasteiger partial charge in [-0.15, -0.1) is 0 Å². The van der Waals surface area contributed by atoms with Crippen LogP contribution in [0.15, 0.2) is 42.5 Å². The Balaban J connectivity index is 1.77. The van der Waals surface area contributed by atoms with Crippen molar-refractivity contribution >= 4 is 52.3 Å². The molecule has 0 atom stereocenters. The van der Waals surface area contributed by atoms with Crippen molar-refractivity contribution in [1.29, 1.82) is 0 Å². The molecule has 0 fully saturated rings. The summed E-state index contributed by atoms with van der Waals surface area (Å²) in [7, 11) is 0. The zero-order valence-corrected chi connectivity index (χ0v) is 15.3. The molecule has 0 heterocycles. The molecule has 2 amide bonds. The van der Waals surface area contributed by atoms with Gasteiger partial charge in [-0.05, 0) is 42.5 Å². The summed E-state index contributed by atoms with van der Waals surface area (Å²) in [6, 6.07) is 9.96. The Bertz CT molecular complexity index is 851. The van der Waals surface area contributed by atoms with Crippen molar-refractivity contribution in [3.63, 3.8) is 0 Å². The van der Waals surface area contributed by atoms with Crippen LogP contribution in [0.5, 0.6) is 5.75 Å². The maximum Gasteiger partial charge on any atom is 0.276 e. The fraction of sp³-hybridized carbons (Fsp3) is 0.0625. The van der Waals surface area contributed by atoms with E-state index in [2.05, 4.69) is 16.2 Å². The van der Waals surface area contributed by atoms with Crippen molar-refractivity contribution in [2.24, 2.45) is 0 Å². The van der Waals surface area contributed by atoms with Gasteiger partial charge in [-0.25, -0.2) is 4.39 Å². The minimum absolute atomic E-state index is 0.177. The maximum atomic E-state index is 13.5. The lowest BCUT2D eigenvalue weighted by Gasteiger charge is -2.12.